The maximum Gasteiger partial charge on any atom is 0.416 e. The van der Waals surface area contributed by atoms with Gasteiger partial charge in [0.1, 0.15) is 6.33 Å². The highest BCUT2D eigenvalue weighted by molar-refractivity contribution is 5.96. The fourth-order valence-corrected chi connectivity index (χ4v) is 6.98. The van der Waals surface area contributed by atoms with Gasteiger partial charge in [-0.2, -0.15) is 13.2 Å². The van der Waals surface area contributed by atoms with Crippen LogP contribution in [0.3, 0.4) is 0 Å². The zero-order valence-corrected chi connectivity index (χ0v) is 24.1. The Labute approximate surface area is 234 Å². The van der Waals surface area contributed by atoms with E-state index in [1.165, 1.54) is 18.5 Å². The summed E-state index contributed by atoms with van der Waals surface area (Å²) >= 11 is 0. The van der Waals surface area contributed by atoms with Crippen LogP contribution in [0.25, 0.3) is 0 Å². The molecular formula is C30H40F3N5O2. The van der Waals surface area contributed by atoms with Gasteiger partial charge < -0.3 is 9.64 Å². The molecule has 7 nitrogen and oxygen atoms in total. The van der Waals surface area contributed by atoms with E-state index < -0.39 is 11.7 Å². The first-order valence-corrected chi connectivity index (χ1v) is 14.3. The summed E-state index contributed by atoms with van der Waals surface area (Å²) in [6.45, 7) is 14.6. The molecule has 1 aromatic carbocycles. The van der Waals surface area contributed by atoms with Crippen molar-refractivity contribution < 1.29 is 22.7 Å². The summed E-state index contributed by atoms with van der Waals surface area (Å²) in [6, 6.07) is 4.33. The van der Waals surface area contributed by atoms with Gasteiger partial charge in [0.2, 0.25) is 0 Å². The van der Waals surface area contributed by atoms with Crippen LogP contribution in [0, 0.1) is 13.8 Å². The lowest BCUT2D eigenvalue weighted by Crippen LogP contribution is -2.62. The molecule has 2 aliphatic heterocycles. The Hall–Kier alpha value is -2.56. The lowest BCUT2D eigenvalue weighted by molar-refractivity contribution is -0.137. The van der Waals surface area contributed by atoms with E-state index in [0.29, 0.717) is 43.1 Å². The molecule has 0 bridgehead atoms. The largest absolute Gasteiger partial charge is 0.416 e. The Morgan fingerprint density at radius 2 is 1.77 bits per heavy atom. The van der Waals surface area contributed by atoms with Crippen LogP contribution in [0.4, 0.5) is 13.2 Å². The van der Waals surface area contributed by atoms with Gasteiger partial charge in [-0.15, -0.1) is 0 Å². The molecule has 40 heavy (non-hydrogen) atoms. The van der Waals surface area contributed by atoms with E-state index in [-0.39, 0.29) is 29.6 Å². The number of hydrogen-bond acceptors (Lipinski definition) is 6. The Morgan fingerprint density at radius 1 is 1.10 bits per heavy atom. The summed E-state index contributed by atoms with van der Waals surface area (Å²) in [5.41, 5.74) is 3.11. The van der Waals surface area contributed by atoms with Crippen molar-refractivity contribution in [2.75, 3.05) is 39.3 Å². The van der Waals surface area contributed by atoms with E-state index in [9.17, 15) is 18.0 Å². The molecule has 3 aliphatic rings. The SMILES string of the molecule is CCOC1Cc2cc(C(F)(F)F)ccc2[C@H]1N1CCN(C2(C)CCN(C(=O)c3c(C)ncnc3C)CC2)C[C@@H]1C. The fourth-order valence-electron chi connectivity index (χ4n) is 6.98. The number of ether oxygens (including phenoxy) is 1. The molecule has 0 spiro atoms. The quantitative estimate of drug-likeness (QED) is 0.524. The number of fused-ring (bicyclic) bond motifs is 1. The van der Waals surface area contributed by atoms with Crippen molar-refractivity contribution >= 4 is 5.91 Å². The van der Waals surface area contributed by atoms with Crippen LogP contribution in [-0.4, -0.2) is 87.6 Å². The molecule has 2 saturated heterocycles. The summed E-state index contributed by atoms with van der Waals surface area (Å²) in [6.07, 6.45) is -0.754. The second-order valence-corrected chi connectivity index (χ2v) is 11.8. The molecule has 5 rings (SSSR count). The van der Waals surface area contributed by atoms with Crippen LogP contribution in [0.2, 0.25) is 0 Å². The van der Waals surface area contributed by atoms with Gasteiger partial charge in [0.25, 0.3) is 5.91 Å². The van der Waals surface area contributed by atoms with Gasteiger partial charge in [-0.1, -0.05) is 6.07 Å². The second-order valence-electron chi connectivity index (χ2n) is 11.8. The van der Waals surface area contributed by atoms with Gasteiger partial charge in [0.15, 0.2) is 0 Å². The number of benzene rings is 1. The Kier molecular flexibility index (Phi) is 7.98. The predicted molar refractivity (Wildman–Crippen MR) is 146 cm³/mol. The zero-order valence-electron chi connectivity index (χ0n) is 24.1. The number of hydrogen-bond donors (Lipinski definition) is 0. The zero-order chi connectivity index (χ0) is 28.8. The number of piperazine rings is 1. The van der Waals surface area contributed by atoms with Crippen LogP contribution < -0.4 is 0 Å². The summed E-state index contributed by atoms with van der Waals surface area (Å²) in [4.78, 5) is 28.6. The highest BCUT2D eigenvalue weighted by Gasteiger charge is 2.45. The van der Waals surface area contributed by atoms with Gasteiger partial charge in [-0.05, 0) is 70.7 Å². The van der Waals surface area contributed by atoms with Crippen molar-refractivity contribution in [2.24, 2.45) is 0 Å². The van der Waals surface area contributed by atoms with E-state index in [4.69, 9.17) is 4.74 Å². The van der Waals surface area contributed by atoms with Crippen LogP contribution >= 0.6 is 0 Å². The highest BCUT2D eigenvalue weighted by atomic mass is 19.4. The van der Waals surface area contributed by atoms with Gasteiger partial charge in [0, 0.05) is 57.3 Å². The first-order valence-electron chi connectivity index (χ1n) is 14.3. The number of rotatable bonds is 5. The highest BCUT2D eigenvalue weighted by Crippen LogP contribution is 2.43. The molecule has 218 valence electrons. The minimum atomic E-state index is -4.35. The standard InChI is InChI=1S/C30H40F3N5O2/c1-6-40-25-16-22-15-23(30(31,32)33)7-8-24(22)27(25)38-14-13-37(17-19(38)2)29(5)9-11-36(12-10-29)28(39)26-20(3)34-18-35-21(26)4/h7-8,15,18-19,25,27H,6,9-14,16-17H2,1-5H3/t19-,25?,27+/m0/s1. The molecule has 3 atom stereocenters. The van der Waals surface area contributed by atoms with Crippen molar-refractivity contribution in [1.82, 2.24) is 24.7 Å². The monoisotopic (exact) mass is 559 g/mol. The predicted octanol–water partition coefficient (Wildman–Crippen LogP) is 4.82. The topological polar surface area (TPSA) is 61.8 Å². The van der Waals surface area contributed by atoms with Crippen LogP contribution in [0.5, 0.6) is 0 Å². The lowest BCUT2D eigenvalue weighted by Gasteiger charge is -2.53. The number of carbonyl (C=O) groups is 1. The third kappa shape index (κ3) is 5.37. The Balaban J connectivity index is 1.26. The average Bonchev–Trinajstić information content (AvgIpc) is 3.25. The van der Waals surface area contributed by atoms with Crippen molar-refractivity contribution in [3.63, 3.8) is 0 Å². The Morgan fingerprint density at radius 3 is 2.38 bits per heavy atom. The summed E-state index contributed by atoms with van der Waals surface area (Å²) in [5.74, 6) is 0.00591. The molecule has 2 fully saturated rings. The maximum atomic E-state index is 13.4. The molecule has 1 aromatic heterocycles. The van der Waals surface area contributed by atoms with Crippen molar-refractivity contribution in [3.05, 3.63) is 58.2 Å². The molecule has 0 radical (unpaired) electrons. The summed E-state index contributed by atoms with van der Waals surface area (Å²) < 4.78 is 46.3. The van der Waals surface area contributed by atoms with Crippen LogP contribution in [0.15, 0.2) is 24.5 Å². The smallest absolute Gasteiger partial charge is 0.376 e. The normalized spacial score (nSPS) is 25.7. The molecule has 0 saturated carbocycles. The van der Waals surface area contributed by atoms with E-state index in [1.54, 1.807) is 6.07 Å². The van der Waals surface area contributed by atoms with Gasteiger partial charge >= 0.3 is 6.18 Å². The molecule has 2 aromatic rings. The minimum Gasteiger partial charge on any atom is -0.376 e. The number of piperidine rings is 1. The number of carbonyl (C=O) groups excluding carboxylic acids is 1. The van der Waals surface area contributed by atoms with Gasteiger partial charge in [-0.3, -0.25) is 14.6 Å². The van der Waals surface area contributed by atoms with Crippen molar-refractivity contribution in [3.8, 4) is 0 Å². The number of amides is 1. The van der Waals surface area contributed by atoms with E-state index in [0.717, 1.165) is 43.6 Å². The molecule has 1 unspecified atom stereocenters. The first-order chi connectivity index (χ1) is 18.9. The molecule has 10 heteroatoms. The molecule has 1 aliphatic carbocycles. The lowest BCUT2D eigenvalue weighted by atomic mass is 9.86. The number of alkyl halides is 3. The maximum absolute atomic E-state index is 13.4. The van der Waals surface area contributed by atoms with Crippen LogP contribution in [-0.2, 0) is 17.3 Å². The van der Waals surface area contributed by atoms with E-state index >= 15 is 0 Å². The first kappa shape index (κ1) is 29.0. The third-order valence-electron chi connectivity index (χ3n) is 9.31. The summed E-state index contributed by atoms with van der Waals surface area (Å²) in [7, 11) is 0. The minimum absolute atomic E-state index is 0.00591. The van der Waals surface area contributed by atoms with E-state index in [2.05, 4.69) is 33.6 Å². The van der Waals surface area contributed by atoms with Crippen molar-refractivity contribution in [1.29, 1.82) is 0 Å². The second kappa shape index (κ2) is 11.0. The average molecular weight is 560 g/mol. The van der Waals surface area contributed by atoms with E-state index in [1.807, 2.05) is 25.7 Å². The summed E-state index contributed by atoms with van der Waals surface area (Å²) in [5, 5.41) is 0. The van der Waals surface area contributed by atoms with Gasteiger partial charge in [0.05, 0.1) is 34.7 Å². The number of halogens is 3. The number of nitrogens with zero attached hydrogens (tertiary/aromatic N) is 5. The molecular weight excluding hydrogens is 519 g/mol. The Bertz CT molecular complexity index is 1220. The molecule has 3 heterocycles. The van der Waals surface area contributed by atoms with Crippen LogP contribution in [0.1, 0.15) is 78.1 Å². The fraction of sp³-hybridized carbons (Fsp3) is 0.633. The number of aromatic nitrogens is 2. The number of likely N-dealkylation sites (tertiary alicyclic amines) is 1. The third-order valence-corrected chi connectivity index (χ3v) is 9.31. The van der Waals surface area contributed by atoms with Crippen molar-refractivity contribution in [2.45, 2.75) is 83.8 Å². The molecule has 1 amide bonds. The molecule has 0 N–H and O–H groups in total. The van der Waals surface area contributed by atoms with Gasteiger partial charge in [-0.25, -0.2) is 9.97 Å². The number of aryl methyl sites for hydroxylation is 2.